The first kappa shape index (κ1) is 23.5. The fourth-order valence-corrected chi connectivity index (χ4v) is 8.32. The van der Waals surface area contributed by atoms with Gasteiger partial charge in [-0.1, -0.05) is 26.3 Å². The van der Waals surface area contributed by atoms with Crippen molar-refractivity contribution in [2.75, 3.05) is 6.54 Å². The molecule has 0 bridgehead atoms. The molecule has 0 spiro atoms. The van der Waals surface area contributed by atoms with Crippen molar-refractivity contribution in [3.63, 3.8) is 0 Å². The minimum atomic E-state index is -1.02. The summed E-state index contributed by atoms with van der Waals surface area (Å²) >= 11 is 0. The van der Waals surface area contributed by atoms with Crippen molar-refractivity contribution in [1.82, 2.24) is 5.32 Å². The smallest absolute Gasteiger partial charge is 0.322 e. The Hall–Kier alpha value is -1.69. The normalized spacial score (nSPS) is 41.7. The van der Waals surface area contributed by atoms with E-state index < -0.39 is 5.97 Å². The number of aliphatic hydroxyl groups excluding tert-OH is 1. The molecule has 0 aromatic heterocycles. The number of hydrogen-bond donors (Lipinski definition) is 3. The number of aliphatic hydroxyl groups is 1. The number of rotatable bonds is 6. The lowest BCUT2D eigenvalue weighted by molar-refractivity contribution is -0.138. The summed E-state index contributed by atoms with van der Waals surface area (Å²) in [5.41, 5.74) is 1.40. The van der Waals surface area contributed by atoms with Crippen LogP contribution >= 0.6 is 0 Å². The van der Waals surface area contributed by atoms with E-state index in [1.54, 1.807) is 0 Å². The van der Waals surface area contributed by atoms with Gasteiger partial charge < -0.3 is 15.5 Å². The average Bonchev–Trinajstić information content (AvgIpc) is 3.09. The number of carboxylic acids is 1. The molecule has 32 heavy (non-hydrogen) atoms. The molecule has 3 unspecified atom stereocenters. The van der Waals surface area contributed by atoms with E-state index in [4.69, 9.17) is 5.11 Å². The third-order valence-electron chi connectivity index (χ3n) is 10.0. The van der Waals surface area contributed by atoms with Gasteiger partial charge in [0.1, 0.15) is 6.54 Å². The average molecular weight is 446 g/mol. The Morgan fingerprint density at radius 3 is 2.66 bits per heavy atom. The molecule has 0 saturated heterocycles. The van der Waals surface area contributed by atoms with E-state index in [0.717, 1.165) is 38.5 Å². The molecule has 0 aliphatic heterocycles. The lowest BCUT2D eigenvalue weighted by Gasteiger charge is -2.59. The maximum atomic E-state index is 12.0. The summed E-state index contributed by atoms with van der Waals surface area (Å²) in [6, 6.07) is 0. The standard InChI is InChI=1S/C26H39NO5/c1-15(4-7-22(30)27-14-23(31)32)18-5-6-19-24-20(9-11-26(18,19)3)25(2)10-8-17(28)12-16(25)13-21(24)29/h12,15,18-21,24,29H,4-11,13-14H2,1-3H3,(H,27,30)(H,31,32)/t15-,18-,19?,20?,21-,24?,25+,26-/m1/s1. The molecule has 0 radical (unpaired) electrons. The molecular weight excluding hydrogens is 406 g/mol. The Morgan fingerprint density at radius 1 is 1.19 bits per heavy atom. The van der Waals surface area contributed by atoms with Crippen molar-refractivity contribution in [3.05, 3.63) is 11.6 Å². The highest BCUT2D eigenvalue weighted by molar-refractivity contribution is 5.91. The van der Waals surface area contributed by atoms with Gasteiger partial charge in [-0.3, -0.25) is 14.4 Å². The van der Waals surface area contributed by atoms with Crippen molar-refractivity contribution in [2.24, 2.45) is 40.4 Å². The minimum absolute atomic E-state index is 0.0467. The van der Waals surface area contributed by atoms with E-state index in [2.05, 4.69) is 26.1 Å². The number of hydrogen-bond acceptors (Lipinski definition) is 4. The molecule has 0 heterocycles. The number of nitrogens with one attached hydrogen (secondary N) is 1. The van der Waals surface area contributed by atoms with Crippen LogP contribution in [0.15, 0.2) is 11.6 Å². The van der Waals surface area contributed by atoms with E-state index >= 15 is 0 Å². The third-order valence-corrected chi connectivity index (χ3v) is 10.0. The van der Waals surface area contributed by atoms with E-state index in [9.17, 15) is 19.5 Å². The van der Waals surface area contributed by atoms with Crippen molar-refractivity contribution in [1.29, 1.82) is 0 Å². The molecule has 4 aliphatic rings. The van der Waals surface area contributed by atoms with Crippen LogP contribution in [0.2, 0.25) is 0 Å². The molecule has 3 saturated carbocycles. The molecular formula is C26H39NO5. The zero-order valence-electron chi connectivity index (χ0n) is 19.7. The van der Waals surface area contributed by atoms with Crippen LogP contribution in [0.25, 0.3) is 0 Å². The maximum Gasteiger partial charge on any atom is 0.322 e. The first-order chi connectivity index (χ1) is 15.1. The van der Waals surface area contributed by atoms with Gasteiger partial charge in [0.25, 0.3) is 0 Å². The van der Waals surface area contributed by atoms with E-state index in [0.29, 0.717) is 48.9 Å². The van der Waals surface area contributed by atoms with E-state index in [1.165, 1.54) is 5.57 Å². The predicted octanol–water partition coefficient (Wildman–Crippen LogP) is 3.72. The highest BCUT2D eigenvalue weighted by Gasteiger charge is 2.61. The van der Waals surface area contributed by atoms with Crippen LogP contribution in [0.1, 0.15) is 78.6 Å². The molecule has 6 nitrogen and oxygen atoms in total. The Morgan fingerprint density at radius 2 is 1.94 bits per heavy atom. The lowest BCUT2D eigenvalue weighted by atomic mass is 9.45. The Balaban J connectivity index is 1.46. The van der Waals surface area contributed by atoms with Gasteiger partial charge in [-0.25, -0.2) is 0 Å². The molecule has 6 heteroatoms. The van der Waals surface area contributed by atoms with Gasteiger partial charge in [-0.05, 0) is 91.4 Å². The van der Waals surface area contributed by atoms with Gasteiger partial charge in [0, 0.05) is 12.8 Å². The molecule has 4 aliphatic carbocycles. The summed E-state index contributed by atoms with van der Waals surface area (Å²) in [6.45, 7) is 6.67. The number of carboxylic acid groups (broad SMARTS) is 1. The molecule has 3 fully saturated rings. The van der Waals surface area contributed by atoms with Crippen LogP contribution in [0.4, 0.5) is 0 Å². The second-order valence-electron chi connectivity index (χ2n) is 11.5. The fourth-order valence-electron chi connectivity index (χ4n) is 8.32. The summed E-state index contributed by atoms with van der Waals surface area (Å²) in [5, 5.41) is 22.5. The SMILES string of the molecule is C[C@H](CCC(=O)NCC(=O)O)[C@H]1CCC2C3C(CC[C@@]21C)[C@@]1(C)CCC(=O)C=C1C[C@H]3O. The predicted molar refractivity (Wildman–Crippen MR) is 121 cm³/mol. The second kappa shape index (κ2) is 8.58. The van der Waals surface area contributed by atoms with Gasteiger partial charge in [0.15, 0.2) is 5.78 Å². The Labute approximate surface area is 191 Å². The summed E-state index contributed by atoms with van der Waals surface area (Å²) < 4.78 is 0. The number of carbonyl (C=O) groups is 3. The monoisotopic (exact) mass is 445 g/mol. The number of carbonyl (C=O) groups excluding carboxylic acids is 2. The van der Waals surface area contributed by atoms with Gasteiger partial charge in [0.05, 0.1) is 6.10 Å². The second-order valence-corrected chi connectivity index (χ2v) is 11.5. The van der Waals surface area contributed by atoms with E-state index in [1.807, 2.05) is 6.08 Å². The summed E-state index contributed by atoms with van der Waals surface area (Å²) in [5.74, 6) is 1.13. The fraction of sp³-hybridized carbons (Fsp3) is 0.808. The van der Waals surface area contributed by atoms with Crippen LogP contribution in [0.5, 0.6) is 0 Å². The number of amides is 1. The zero-order chi connectivity index (χ0) is 23.3. The first-order valence-electron chi connectivity index (χ1n) is 12.5. The van der Waals surface area contributed by atoms with Crippen LogP contribution in [-0.4, -0.2) is 40.5 Å². The van der Waals surface area contributed by atoms with Crippen LogP contribution in [-0.2, 0) is 14.4 Å². The van der Waals surface area contributed by atoms with Gasteiger partial charge in [-0.15, -0.1) is 0 Å². The quantitative estimate of drug-likeness (QED) is 0.578. The van der Waals surface area contributed by atoms with E-state index in [-0.39, 0.29) is 35.2 Å². The molecule has 0 aromatic rings. The van der Waals surface area contributed by atoms with Crippen LogP contribution in [0, 0.1) is 40.4 Å². The van der Waals surface area contributed by atoms with Crippen LogP contribution in [0.3, 0.4) is 0 Å². The van der Waals surface area contributed by atoms with Gasteiger partial charge in [0.2, 0.25) is 5.91 Å². The summed E-state index contributed by atoms with van der Waals surface area (Å²) in [6.07, 6.45) is 9.28. The highest BCUT2D eigenvalue weighted by Crippen LogP contribution is 2.67. The van der Waals surface area contributed by atoms with Crippen molar-refractivity contribution >= 4 is 17.7 Å². The molecule has 4 rings (SSSR count). The molecule has 178 valence electrons. The minimum Gasteiger partial charge on any atom is -0.480 e. The summed E-state index contributed by atoms with van der Waals surface area (Å²) in [7, 11) is 0. The number of ketones is 1. The lowest BCUT2D eigenvalue weighted by Crippen LogP contribution is -2.55. The molecule has 1 amide bonds. The number of aliphatic carboxylic acids is 1. The van der Waals surface area contributed by atoms with Crippen molar-refractivity contribution < 1.29 is 24.6 Å². The first-order valence-corrected chi connectivity index (χ1v) is 12.5. The molecule has 0 aromatic carbocycles. The zero-order valence-corrected chi connectivity index (χ0v) is 19.7. The maximum absolute atomic E-state index is 12.0. The Bertz CT molecular complexity index is 821. The van der Waals surface area contributed by atoms with Gasteiger partial charge in [-0.2, -0.15) is 0 Å². The topological polar surface area (TPSA) is 104 Å². The highest BCUT2D eigenvalue weighted by atomic mass is 16.4. The summed E-state index contributed by atoms with van der Waals surface area (Å²) in [4.78, 5) is 34.7. The van der Waals surface area contributed by atoms with Crippen LogP contribution < -0.4 is 5.32 Å². The van der Waals surface area contributed by atoms with Crippen molar-refractivity contribution in [3.8, 4) is 0 Å². The molecule has 8 atom stereocenters. The van der Waals surface area contributed by atoms with Crippen molar-refractivity contribution in [2.45, 2.75) is 84.7 Å². The third kappa shape index (κ3) is 3.93. The largest absolute Gasteiger partial charge is 0.480 e. The van der Waals surface area contributed by atoms with Gasteiger partial charge >= 0.3 is 5.97 Å². The molecule has 3 N–H and O–H groups in total. The number of fused-ring (bicyclic) bond motifs is 5. The Kier molecular flexibility index (Phi) is 6.30.